The average Bonchev–Trinajstić information content (AvgIpc) is 3.01. The van der Waals surface area contributed by atoms with Crippen molar-refractivity contribution in [2.75, 3.05) is 32.8 Å². The van der Waals surface area contributed by atoms with Gasteiger partial charge in [0.1, 0.15) is 12.7 Å². The monoisotopic (exact) mass is 344 g/mol. The molecule has 2 heterocycles. The molecule has 1 fully saturated rings. The van der Waals surface area contributed by atoms with E-state index in [1.807, 2.05) is 24.4 Å². The summed E-state index contributed by atoms with van der Waals surface area (Å²) in [5.41, 5.74) is 2.26. The van der Waals surface area contributed by atoms with Gasteiger partial charge in [-0.05, 0) is 24.0 Å². The van der Waals surface area contributed by atoms with Crippen LogP contribution in [0.3, 0.4) is 0 Å². The first-order chi connectivity index (χ1) is 12.1. The highest BCUT2D eigenvalue weighted by Crippen LogP contribution is 2.19. The van der Waals surface area contributed by atoms with Crippen LogP contribution in [0.5, 0.6) is 0 Å². The number of para-hydroxylation sites is 1. The number of benzene rings is 1. The fraction of sp³-hybridized carbons (Fsp3) is 0.550. The fourth-order valence-electron chi connectivity index (χ4n) is 3.40. The van der Waals surface area contributed by atoms with E-state index < -0.39 is 0 Å². The van der Waals surface area contributed by atoms with Gasteiger partial charge in [0.05, 0.1) is 6.61 Å². The molecule has 0 saturated carbocycles. The fourth-order valence-corrected chi connectivity index (χ4v) is 3.40. The van der Waals surface area contributed by atoms with Gasteiger partial charge in [-0.1, -0.05) is 32.0 Å². The quantitative estimate of drug-likeness (QED) is 0.785. The van der Waals surface area contributed by atoms with Crippen LogP contribution < -0.4 is 0 Å². The number of carbonyl (C=O) groups is 1. The summed E-state index contributed by atoms with van der Waals surface area (Å²) in [7, 11) is 0. The molecule has 136 valence electrons. The number of ether oxygens (including phenoxy) is 2. The highest BCUT2D eigenvalue weighted by atomic mass is 16.6. The minimum atomic E-state index is -0.158. The van der Waals surface area contributed by atoms with E-state index in [9.17, 15) is 4.79 Å². The normalized spacial score (nSPS) is 18.8. The van der Waals surface area contributed by atoms with Gasteiger partial charge in [0, 0.05) is 43.2 Å². The molecular weight excluding hydrogens is 316 g/mol. The van der Waals surface area contributed by atoms with Gasteiger partial charge in [-0.2, -0.15) is 0 Å². The summed E-state index contributed by atoms with van der Waals surface area (Å²) < 4.78 is 11.2. The van der Waals surface area contributed by atoms with Crippen molar-refractivity contribution < 1.29 is 14.3 Å². The van der Waals surface area contributed by atoms with Gasteiger partial charge in [0.2, 0.25) is 0 Å². The number of esters is 1. The first-order valence-electron chi connectivity index (χ1n) is 9.16. The molecule has 0 bridgehead atoms. The zero-order valence-corrected chi connectivity index (χ0v) is 15.2. The lowest BCUT2D eigenvalue weighted by Gasteiger charge is -2.33. The molecule has 1 aliphatic rings. The topological polar surface area (TPSA) is 54.6 Å². The van der Waals surface area contributed by atoms with Crippen molar-refractivity contribution >= 4 is 16.9 Å². The third-order valence-electron chi connectivity index (χ3n) is 4.55. The van der Waals surface area contributed by atoms with Gasteiger partial charge in [-0.25, -0.2) is 0 Å². The summed E-state index contributed by atoms with van der Waals surface area (Å²) >= 11 is 0. The predicted molar refractivity (Wildman–Crippen MR) is 98.6 cm³/mol. The molecule has 1 saturated heterocycles. The predicted octanol–water partition coefficient (Wildman–Crippen LogP) is 3.00. The van der Waals surface area contributed by atoms with Crippen molar-refractivity contribution in [1.82, 2.24) is 9.88 Å². The molecule has 0 amide bonds. The minimum absolute atomic E-state index is 0.00969. The van der Waals surface area contributed by atoms with Crippen molar-refractivity contribution in [3.63, 3.8) is 0 Å². The summed E-state index contributed by atoms with van der Waals surface area (Å²) in [4.78, 5) is 17.7. The van der Waals surface area contributed by atoms with E-state index in [2.05, 4.69) is 29.8 Å². The molecule has 2 aromatic rings. The van der Waals surface area contributed by atoms with Crippen molar-refractivity contribution in [3.8, 4) is 0 Å². The summed E-state index contributed by atoms with van der Waals surface area (Å²) in [6, 6.07) is 8.14. The summed E-state index contributed by atoms with van der Waals surface area (Å²) in [6.45, 7) is 8.36. The molecule has 0 spiro atoms. The van der Waals surface area contributed by atoms with Crippen molar-refractivity contribution in [2.24, 2.45) is 5.92 Å². The molecule has 0 aliphatic carbocycles. The highest BCUT2D eigenvalue weighted by molar-refractivity contribution is 5.83. The number of fused-ring (bicyclic) bond motifs is 1. The van der Waals surface area contributed by atoms with Gasteiger partial charge in [-0.3, -0.25) is 9.69 Å². The largest absolute Gasteiger partial charge is 0.463 e. The molecule has 1 unspecified atom stereocenters. The number of rotatable bonds is 7. The maximum Gasteiger partial charge on any atom is 0.306 e. The van der Waals surface area contributed by atoms with E-state index >= 15 is 0 Å². The van der Waals surface area contributed by atoms with Crippen molar-refractivity contribution in [3.05, 3.63) is 36.0 Å². The Labute approximate surface area is 149 Å². The lowest BCUT2D eigenvalue weighted by molar-refractivity contribution is -0.150. The van der Waals surface area contributed by atoms with Gasteiger partial charge >= 0.3 is 5.97 Å². The van der Waals surface area contributed by atoms with Crippen LogP contribution in [0.25, 0.3) is 10.9 Å². The third-order valence-corrected chi connectivity index (χ3v) is 4.55. The van der Waals surface area contributed by atoms with E-state index in [-0.39, 0.29) is 12.1 Å². The van der Waals surface area contributed by atoms with Crippen LogP contribution >= 0.6 is 0 Å². The smallest absolute Gasteiger partial charge is 0.306 e. The molecular formula is C20H28N2O3. The summed E-state index contributed by atoms with van der Waals surface area (Å²) in [5.74, 6) is 0.479. The highest BCUT2D eigenvalue weighted by Gasteiger charge is 2.22. The molecule has 1 aliphatic heterocycles. The van der Waals surface area contributed by atoms with Gasteiger partial charge in [0.15, 0.2) is 0 Å². The molecule has 1 atom stereocenters. The zero-order valence-electron chi connectivity index (χ0n) is 15.2. The van der Waals surface area contributed by atoms with Crippen LogP contribution in [0, 0.1) is 5.92 Å². The van der Waals surface area contributed by atoms with Crippen molar-refractivity contribution in [1.29, 1.82) is 0 Å². The number of carbonyl (C=O) groups excluding carboxylic acids is 1. The first-order valence-corrected chi connectivity index (χ1v) is 9.16. The average molecular weight is 344 g/mol. The molecule has 0 radical (unpaired) electrons. The zero-order chi connectivity index (χ0) is 17.6. The molecule has 5 heteroatoms. The number of hydrogen-bond donors (Lipinski definition) is 1. The van der Waals surface area contributed by atoms with Crippen LogP contribution in [0.15, 0.2) is 30.5 Å². The van der Waals surface area contributed by atoms with E-state index in [0.29, 0.717) is 32.0 Å². The third kappa shape index (κ3) is 5.06. The Morgan fingerprint density at radius 1 is 1.40 bits per heavy atom. The molecule has 5 nitrogen and oxygen atoms in total. The number of morpholine rings is 1. The minimum Gasteiger partial charge on any atom is -0.463 e. The van der Waals surface area contributed by atoms with Crippen LogP contribution in [0.2, 0.25) is 0 Å². The van der Waals surface area contributed by atoms with Crippen LogP contribution in [-0.2, 0) is 20.7 Å². The number of nitrogens with one attached hydrogen (secondary N) is 1. The van der Waals surface area contributed by atoms with E-state index in [4.69, 9.17) is 9.47 Å². The Bertz CT molecular complexity index is 695. The first kappa shape index (κ1) is 18.0. The van der Waals surface area contributed by atoms with E-state index in [1.165, 1.54) is 5.39 Å². The lowest BCUT2D eigenvalue weighted by atomic mass is 10.1. The molecule has 3 rings (SSSR count). The van der Waals surface area contributed by atoms with Gasteiger partial charge < -0.3 is 14.5 Å². The van der Waals surface area contributed by atoms with Crippen LogP contribution in [0.1, 0.15) is 25.8 Å². The maximum atomic E-state index is 12.1. The number of aryl methyl sites for hydroxylation is 1. The molecule has 1 aromatic heterocycles. The molecule has 1 aromatic carbocycles. The Morgan fingerprint density at radius 3 is 3.08 bits per heavy atom. The number of nitrogens with zero attached hydrogens (tertiary/aromatic N) is 1. The van der Waals surface area contributed by atoms with Gasteiger partial charge in [0.25, 0.3) is 0 Å². The summed E-state index contributed by atoms with van der Waals surface area (Å²) in [6.07, 6.45) is 3.05. The second-order valence-corrected chi connectivity index (χ2v) is 7.19. The Kier molecular flexibility index (Phi) is 6.10. The van der Waals surface area contributed by atoms with E-state index in [0.717, 1.165) is 30.7 Å². The number of hydrogen-bond acceptors (Lipinski definition) is 4. The van der Waals surface area contributed by atoms with Crippen molar-refractivity contribution in [2.45, 2.75) is 32.8 Å². The Hall–Kier alpha value is -1.85. The lowest BCUT2D eigenvalue weighted by Crippen LogP contribution is -2.45. The SMILES string of the molecule is CC(C)CN1CCOC(COC(=O)CCc2c[nH]c3ccccc23)C1. The number of aromatic nitrogens is 1. The standard InChI is InChI=1S/C20H28N2O3/c1-15(2)12-22-9-10-24-17(13-22)14-25-20(23)8-7-16-11-21-19-6-4-3-5-18(16)19/h3-6,11,15,17,21H,7-10,12-14H2,1-2H3. The van der Waals surface area contributed by atoms with Crippen LogP contribution in [0.4, 0.5) is 0 Å². The number of H-pyrrole nitrogens is 1. The number of aromatic amines is 1. The van der Waals surface area contributed by atoms with Gasteiger partial charge in [-0.15, -0.1) is 0 Å². The molecule has 25 heavy (non-hydrogen) atoms. The van der Waals surface area contributed by atoms with E-state index in [1.54, 1.807) is 0 Å². The summed E-state index contributed by atoms with van der Waals surface area (Å²) in [5, 5.41) is 1.18. The Balaban J connectivity index is 1.42. The second-order valence-electron chi connectivity index (χ2n) is 7.19. The Morgan fingerprint density at radius 2 is 2.24 bits per heavy atom. The second kappa shape index (κ2) is 8.50. The van der Waals surface area contributed by atoms with Crippen LogP contribution in [-0.4, -0.2) is 54.8 Å². The maximum absolute atomic E-state index is 12.1. The molecule has 1 N–H and O–H groups in total.